The van der Waals surface area contributed by atoms with Crippen molar-refractivity contribution >= 4 is 33.7 Å². The highest BCUT2D eigenvalue weighted by atomic mass is 16.5. The number of nitrogen functional groups attached to an aromatic ring is 1. The van der Waals surface area contributed by atoms with E-state index in [0.717, 1.165) is 5.39 Å². The van der Waals surface area contributed by atoms with Gasteiger partial charge in [0.2, 0.25) is 0 Å². The number of hydrogen-bond donors (Lipinski definition) is 1. The molecule has 0 unspecified atom stereocenters. The van der Waals surface area contributed by atoms with Crippen LogP contribution in [-0.2, 0) is 0 Å². The third-order valence-electron chi connectivity index (χ3n) is 4.30. The number of methoxy groups -OCH3 is 1. The zero-order valence-electron chi connectivity index (χ0n) is 15.0. The van der Waals surface area contributed by atoms with Crippen LogP contribution in [0.1, 0.15) is 17.3 Å². The lowest BCUT2D eigenvalue weighted by molar-refractivity contribution is 0.0946. The molecule has 4 rings (SSSR count). The molecule has 2 N–H and O–H groups in total. The summed E-state index contributed by atoms with van der Waals surface area (Å²) in [5.74, 6) is 1.07. The number of ether oxygens (including phenoxy) is 2. The highest BCUT2D eigenvalue weighted by Crippen LogP contribution is 2.28. The minimum absolute atomic E-state index is 0.248. The second-order valence-corrected chi connectivity index (χ2v) is 5.95. The normalized spacial score (nSPS) is 11.0. The van der Waals surface area contributed by atoms with Crippen molar-refractivity contribution < 1.29 is 14.3 Å². The van der Waals surface area contributed by atoms with Gasteiger partial charge in [-0.15, -0.1) is 5.10 Å². The molecule has 7 nitrogen and oxygen atoms in total. The second kappa shape index (κ2) is 6.60. The highest BCUT2D eigenvalue weighted by molar-refractivity contribution is 6.06. The third-order valence-corrected chi connectivity index (χ3v) is 4.30. The molecular formula is C20H18N4O3. The van der Waals surface area contributed by atoms with Gasteiger partial charge in [0.05, 0.1) is 30.2 Å². The van der Waals surface area contributed by atoms with Crippen LogP contribution in [0.25, 0.3) is 21.9 Å². The number of para-hydroxylation sites is 1. The predicted octanol–water partition coefficient (Wildman–Crippen LogP) is 3.26. The molecule has 0 amide bonds. The Hall–Kier alpha value is -3.61. The number of nitrogens with two attached hydrogens (primary N) is 1. The third kappa shape index (κ3) is 2.83. The molecule has 2 heterocycles. The fourth-order valence-electron chi connectivity index (χ4n) is 3.00. The first kappa shape index (κ1) is 16.8. The molecule has 0 saturated carbocycles. The van der Waals surface area contributed by atoms with Crippen LogP contribution < -0.4 is 15.2 Å². The Morgan fingerprint density at radius 2 is 2.00 bits per heavy atom. The Labute approximate surface area is 155 Å². The van der Waals surface area contributed by atoms with E-state index in [1.54, 1.807) is 31.4 Å². The van der Waals surface area contributed by atoms with Crippen LogP contribution in [0, 0.1) is 0 Å². The van der Waals surface area contributed by atoms with Crippen molar-refractivity contribution in [3.63, 3.8) is 0 Å². The molecule has 0 spiro atoms. The smallest absolute Gasteiger partial charge is 0.283 e. The molecule has 2 aromatic carbocycles. The number of hydrogen-bond acceptors (Lipinski definition) is 6. The fraction of sp³-hybridized carbons (Fsp3) is 0.150. The summed E-state index contributed by atoms with van der Waals surface area (Å²) in [4.78, 5) is 17.7. The summed E-state index contributed by atoms with van der Waals surface area (Å²) in [5, 5.41) is 5.73. The van der Waals surface area contributed by atoms with Crippen LogP contribution in [0.2, 0.25) is 0 Å². The van der Waals surface area contributed by atoms with E-state index in [1.807, 2.05) is 31.2 Å². The van der Waals surface area contributed by atoms with Crippen molar-refractivity contribution in [1.29, 1.82) is 0 Å². The first-order valence-electron chi connectivity index (χ1n) is 8.52. The first-order valence-corrected chi connectivity index (χ1v) is 8.52. The Morgan fingerprint density at radius 1 is 1.19 bits per heavy atom. The monoisotopic (exact) mass is 362 g/mol. The van der Waals surface area contributed by atoms with E-state index in [9.17, 15) is 4.79 Å². The van der Waals surface area contributed by atoms with Crippen molar-refractivity contribution in [2.75, 3.05) is 19.5 Å². The van der Waals surface area contributed by atoms with E-state index in [1.165, 1.54) is 4.68 Å². The number of anilines is 1. The SMILES string of the molecule is CCOc1ccccc1C(=O)n1nc(N)c2cc3ccc(OC)cc3nc21. The molecule has 0 aliphatic rings. The minimum Gasteiger partial charge on any atom is -0.497 e. The number of rotatable bonds is 4. The summed E-state index contributed by atoms with van der Waals surface area (Å²) < 4.78 is 12.1. The molecule has 2 aromatic heterocycles. The molecule has 7 heteroatoms. The Morgan fingerprint density at radius 3 is 2.78 bits per heavy atom. The van der Waals surface area contributed by atoms with Gasteiger partial charge in [0.1, 0.15) is 11.5 Å². The number of aromatic nitrogens is 3. The van der Waals surface area contributed by atoms with Crippen molar-refractivity contribution in [2.24, 2.45) is 0 Å². The minimum atomic E-state index is -0.351. The molecular weight excluding hydrogens is 344 g/mol. The molecule has 4 aromatic rings. The summed E-state index contributed by atoms with van der Waals surface area (Å²) in [6.07, 6.45) is 0. The van der Waals surface area contributed by atoms with E-state index in [2.05, 4.69) is 10.1 Å². The largest absolute Gasteiger partial charge is 0.497 e. The molecule has 0 saturated heterocycles. The summed E-state index contributed by atoms with van der Waals surface area (Å²) in [5.41, 5.74) is 7.54. The van der Waals surface area contributed by atoms with Gasteiger partial charge in [-0.05, 0) is 37.3 Å². The quantitative estimate of drug-likeness (QED) is 0.599. The number of nitrogens with zero attached hydrogens (tertiary/aromatic N) is 3. The maximum atomic E-state index is 13.1. The average molecular weight is 362 g/mol. The van der Waals surface area contributed by atoms with Crippen molar-refractivity contribution in [2.45, 2.75) is 6.92 Å². The van der Waals surface area contributed by atoms with E-state index < -0.39 is 0 Å². The van der Waals surface area contributed by atoms with Gasteiger partial charge in [-0.1, -0.05) is 12.1 Å². The van der Waals surface area contributed by atoms with Gasteiger partial charge in [0, 0.05) is 11.5 Å². The van der Waals surface area contributed by atoms with Gasteiger partial charge >= 0.3 is 0 Å². The fourth-order valence-corrected chi connectivity index (χ4v) is 3.00. The first-order chi connectivity index (χ1) is 13.1. The van der Waals surface area contributed by atoms with Crippen molar-refractivity contribution in [1.82, 2.24) is 14.8 Å². The Kier molecular flexibility index (Phi) is 4.12. The lowest BCUT2D eigenvalue weighted by Crippen LogP contribution is -2.16. The maximum absolute atomic E-state index is 13.1. The highest BCUT2D eigenvalue weighted by Gasteiger charge is 2.20. The molecule has 0 atom stereocenters. The number of carbonyl (C=O) groups excluding carboxylic acids is 1. The molecule has 0 fully saturated rings. The number of pyridine rings is 1. The molecule has 136 valence electrons. The number of benzene rings is 2. The number of carbonyl (C=O) groups is 1. The Balaban J connectivity index is 1.91. The van der Waals surface area contributed by atoms with Crippen LogP contribution in [0.4, 0.5) is 5.82 Å². The van der Waals surface area contributed by atoms with Crippen molar-refractivity contribution in [3.8, 4) is 11.5 Å². The standard InChI is InChI=1S/C20H18N4O3/c1-3-27-17-7-5-4-6-14(17)20(25)24-19-15(18(21)23-24)10-12-8-9-13(26-2)11-16(12)22-19/h4-11H,3H2,1-2H3,(H2,21,23). The summed E-state index contributed by atoms with van der Waals surface area (Å²) in [6.45, 7) is 2.32. The zero-order valence-corrected chi connectivity index (χ0v) is 15.0. The molecule has 0 radical (unpaired) electrons. The second-order valence-electron chi connectivity index (χ2n) is 5.95. The van der Waals surface area contributed by atoms with Crippen LogP contribution in [-0.4, -0.2) is 34.4 Å². The van der Waals surface area contributed by atoms with E-state index in [4.69, 9.17) is 15.2 Å². The van der Waals surface area contributed by atoms with Crippen LogP contribution >= 0.6 is 0 Å². The average Bonchev–Trinajstić information content (AvgIpc) is 3.01. The van der Waals surface area contributed by atoms with Gasteiger partial charge in [-0.2, -0.15) is 4.68 Å². The summed E-state index contributed by atoms with van der Waals surface area (Å²) in [6, 6.07) is 14.5. The number of fused-ring (bicyclic) bond motifs is 2. The van der Waals surface area contributed by atoms with Gasteiger partial charge < -0.3 is 15.2 Å². The molecule has 0 aliphatic carbocycles. The maximum Gasteiger partial charge on any atom is 0.283 e. The van der Waals surface area contributed by atoms with Gasteiger partial charge in [0.15, 0.2) is 11.5 Å². The lowest BCUT2D eigenvalue weighted by atomic mass is 10.1. The molecule has 27 heavy (non-hydrogen) atoms. The lowest BCUT2D eigenvalue weighted by Gasteiger charge is -2.09. The van der Waals surface area contributed by atoms with Gasteiger partial charge in [-0.3, -0.25) is 4.79 Å². The Bertz CT molecular complexity index is 1170. The predicted molar refractivity (Wildman–Crippen MR) is 103 cm³/mol. The van der Waals surface area contributed by atoms with E-state index >= 15 is 0 Å². The molecule has 0 aliphatic heterocycles. The van der Waals surface area contributed by atoms with Crippen LogP contribution in [0.3, 0.4) is 0 Å². The zero-order chi connectivity index (χ0) is 19.0. The van der Waals surface area contributed by atoms with E-state index in [-0.39, 0.29) is 11.7 Å². The van der Waals surface area contributed by atoms with Crippen LogP contribution in [0.5, 0.6) is 11.5 Å². The van der Waals surface area contributed by atoms with Gasteiger partial charge in [-0.25, -0.2) is 4.98 Å². The topological polar surface area (TPSA) is 92.3 Å². The van der Waals surface area contributed by atoms with E-state index in [0.29, 0.717) is 40.2 Å². The van der Waals surface area contributed by atoms with Gasteiger partial charge in [0.25, 0.3) is 5.91 Å². The summed E-state index contributed by atoms with van der Waals surface area (Å²) in [7, 11) is 1.59. The van der Waals surface area contributed by atoms with Crippen LogP contribution in [0.15, 0.2) is 48.5 Å². The molecule has 0 bridgehead atoms. The van der Waals surface area contributed by atoms with Crippen molar-refractivity contribution in [3.05, 3.63) is 54.1 Å². The summed E-state index contributed by atoms with van der Waals surface area (Å²) >= 11 is 0.